The summed E-state index contributed by atoms with van der Waals surface area (Å²) in [6.07, 6.45) is 3.82. The van der Waals surface area contributed by atoms with Crippen molar-refractivity contribution in [1.82, 2.24) is 9.78 Å². The Bertz CT molecular complexity index is 694. The zero-order chi connectivity index (χ0) is 14.1. The summed E-state index contributed by atoms with van der Waals surface area (Å²) in [6.45, 7) is 0.654. The van der Waals surface area contributed by atoms with Crippen molar-refractivity contribution in [3.63, 3.8) is 0 Å². The summed E-state index contributed by atoms with van der Waals surface area (Å²) in [5.74, 6) is 0.571. The minimum Gasteiger partial charge on any atom is -0.399 e. The number of nitrogens with one attached hydrogen (secondary N) is 1. The summed E-state index contributed by atoms with van der Waals surface area (Å²) in [6, 6.07) is 7.18. The van der Waals surface area contributed by atoms with E-state index in [9.17, 15) is 4.79 Å². The van der Waals surface area contributed by atoms with Crippen LogP contribution in [0.15, 0.2) is 35.3 Å². The molecule has 20 heavy (non-hydrogen) atoms. The Morgan fingerprint density at radius 2 is 2.25 bits per heavy atom. The highest BCUT2D eigenvalue weighted by Crippen LogP contribution is 2.30. The predicted molar refractivity (Wildman–Crippen MR) is 80.4 cm³/mol. The quantitative estimate of drug-likeness (QED) is 0.849. The van der Waals surface area contributed by atoms with Gasteiger partial charge in [-0.15, -0.1) is 0 Å². The topological polar surface area (TPSA) is 72.9 Å². The van der Waals surface area contributed by atoms with Crippen LogP contribution in [0.5, 0.6) is 0 Å². The molecule has 1 aromatic carbocycles. The maximum atomic E-state index is 12.4. The molecule has 0 radical (unpaired) electrons. The molecule has 0 saturated heterocycles. The van der Waals surface area contributed by atoms with Gasteiger partial charge >= 0.3 is 0 Å². The van der Waals surface area contributed by atoms with E-state index in [1.54, 1.807) is 12.1 Å². The molecule has 3 rings (SSSR count). The van der Waals surface area contributed by atoms with Crippen molar-refractivity contribution >= 4 is 28.7 Å². The Hall–Kier alpha value is -2.01. The molecular weight excluding hydrogens is 276 g/mol. The van der Waals surface area contributed by atoms with E-state index >= 15 is 0 Å². The van der Waals surface area contributed by atoms with Crippen LogP contribution in [0.25, 0.3) is 0 Å². The standard InChI is InChI=1S/C14H15ClN4O/c15-12-7-17-19(8-9-4-5-9)14(20)13(12)18-11-3-1-2-10(16)6-11/h1-3,6-7,9,18H,4-5,8,16H2. The average Bonchev–Trinajstić information content (AvgIpc) is 3.22. The van der Waals surface area contributed by atoms with Crippen molar-refractivity contribution < 1.29 is 0 Å². The second-order valence-electron chi connectivity index (χ2n) is 5.05. The van der Waals surface area contributed by atoms with Crippen LogP contribution in [-0.4, -0.2) is 9.78 Å². The first-order valence-electron chi connectivity index (χ1n) is 6.51. The molecule has 3 N–H and O–H groups in total. The van der Waals surface area contributed by atoms with Crippen LogP contribution in [-0.2, 0) is 6.54 Å². The minimum atomic E-state index is -0.202. The Kier molecular flexibility index (Phi) is 3.36. The van der Waals surface area contributed by atoms with Crippen molar-refractivity contribution in [2.45, 2.75) is 19.4 Å². The number of nitrogens with zero attached hydrogens (tertiary/aromatic N) is 2. The number of rotatable bonds is 4. The third kappa shape index (κ3) is 2.77. The van der Waals surface area contributed by atoms with Gasteiger partial charge in [0, 0.05) is 17.9 Å². The predicted octanol–water partition coefficient (Wildman–Crippen LogP) is 2.63. The lowest BCUT2D eigenvalue weighted by Crippen LogP contribution is -2.26. The summed E-state index contributed by atoms with van der Waals surface area (Å²) >= 11 is 6.07. The Morgan fingerprint density at radius 1 is 1.45 bits per heavy atom. The normalized spacial score (nSPS) is 14.2. The molecule has 0 spiro atoms. The van der Waals surface area contributed by atoms with E-state index in [0.717, 1.165) is 18.5 Å². The number of hydrogen-bond acceptors (Lipinski definition) is 4. The SMILES string of the molecule is Nc1cccc(Nc2c(Cl)cnn(CC3CC3)c2=O)c1. The maximum Gasteiger partial charge on any atom is 0.291 e. The average molecular weight is 291 g/mol. The van der Waals surface area contributed by atoms with Gasteiger partial charge in [-0.3, -0.25) is 4.79 Å². The van der Waals surface area contributed by atoms with Crippen molar-refractivity contribution in [1.29, 1.82) is 0 Å². The lowest BCUT2D eigenvalue weighted by Gasteiger charge is -2.10. The molecule has 5 nitrogen and oxygen atoms in total. The Labute approximate surface area is 121 Å². The molecule has 0 aliphatic heterocycles. The van der Waals surface area contributed by atoms with Crippen LogP contribution < -0.4 is 16.6 Å². The number of benzene rings is 1. The smallest absolute Gasteiger partial charge is 0.291 e. The van der Waals surface area contributed by atoms with E-state index in [4.69, 9.17) is 17.3 Å². The first kappa shape index (κ1) is 13.0. The minimum absolute atomic E-state index is 0.202. The van der Waals surface area contributed by atoms with Gasteiger partial charge in [0.15, 0.2) is 0 Å². The number of nitrogen functional groups attached to an aromatic ring is 1. The summed E-state index contributed by atoms with van der Waals surface area (Å²) in [5, 5.41) is 7.43. The van der Waals surface area contributed by atoms with Crippen molar-refractivity contribution in [3.8, 4) is 0 Å². The van der Waals surface area contributed by atoms with Crippen LogP contribution >= 0.6 is 11.6 Å². The number of aromatic nitrogens is 2. The largest absolute Gasteiger partial charge is 0.399 e. The molecule has 0 unspecified atom stereocenters. The third-order valence-electron chi connectivity index (χ3n) is 3.28. The molecule has 0 bridgehead atoms. The molecule has 6 heteroatoms. The first-order valence-corrected chi connectivity index (χ1v) is 6.89. The molecule has 2 aromatic rings. The lowest BCUT2D eigenvalue weighted by molar-refractivity contribution is 0.535. The molecule has 1 saturated carbocycles. The van der Waals surface area contributed by atoms with Crippen LogP contribution in [0.2, 0.25) is 5.02 Å². The summed E-state index contributed by atoms with van der Waals surface area (Å²) in [5.41, 5.74) is 7.22. The molecule has 1 aliphatic rings. The van der Waals surface area contributed by atoms with E-state index < -0.39 is 0 Å². The second kappa shape index (κ2) is 5.17. The van der Waals surface area contributed by atoms with E-state index in [0.29, 0.717) is 28.9 Å². The second-order valence-corrected chi connectivity index (χ2v) is 5.46. The molecule has 0 amide bonds. The summed E-state index contributed by atoms with van der Waals surface area (Å²) < 4.78 is 1.47. The molecule has 1 aromatic heterocycles. The van der Waals surface area contributed by atoms with Gasteiger partial charge in [0.2, 0.25) is 0 Å². The fourth-order valence-electron chi connectivity index (χ4n) is 2.02. The summed E-state index contributed by atoms with van der Waals surface area (Å²) in [7, 11) is 0. The number of nitrogens with two attached hydrogens (primary N) is 1. The van der Waals surface area contributed by atoms with Gasteiger partial charge in [-0.1, -0.05) is 17.7 Å². The first-order chi connectivity index (χ1) is 9.63. The Morgan fingerprint density at radius 3 is 2.95 bits per heavy atom. The lowest BCUT2D eigenvalue weighted by atomic mass is 10.2. The van der Waals surface area contributed by atoms with Crippen molar-refractivity contribution in [2.24, 2.45) is 5.92 Å². The zero-order valence-corrected chi connectivity index (χ0v) is 11.6. The maximum absolute atomic E-state index is 12.4. The van der Waals surface area contributed by atoms with Gasteiger partial charge in [0.1, 0.15) is 5.69 Å². The van der Waals surface area contributed by atoms with Gasteiger partial charge in [0.05, 0.1) is 11.2 Å². The fourth-order valence-corrected chi connectivity index (χ4v) is 2.19. The molecule has 1 aliphatic carbocycles. The van der Waals surface area contributed by atoms with Gasteiger partial charge in [0.25, 0.3) is 5.56 Å². The van der Waals surface area contributed by atoms with Crippen LogP contribution in [0.3, 0.4) is 0 Å². The van der Waals surface area contributed by atoms with Gasteiger partial charge in [-0.25, -0.2) is 4.68 Å². The molecule has 0 atom stereocenters. The fraction of sp³-hybridized carbons (Fsp3) is 0.286. The van der Waals surface area contributed by atoms with E-state index in [-0.39, 0.29) is 5.56 Å². The molecule has 104 valence electrons. The highest BCUT2D eigenvalue weighted by molar-refractivity contribution is 6.33. The van der Waals surface area contributed by atoms with E-state index in [1.807, 2.05) is 12.1 Å². The highest BCUT2D eigenvalue weighted by atomic mass is 35.5. The summed E-state index contributed by atoms with van der Waals surface area (Å²) in [4.78, 5) is 12.4. The number of halogens is 1. The monoisotopic (exact) mass is 290 g/mol. The number of hydrogen-bond donors (Lipinski definition) is 2. The Balaban J connectivity index is 1.93. The van der Waals surface area contributed by atoms with E-state index in [1.165, 1.54) is 10.9 Å². The highest BCUT2D eigenvalue weighted by Gasteiger charge is 2.23. The zero-order valence-electron chi connectivity index (χ0n) is 10.8. The van der Waals surface area contributed by atoms with Crippen LogP contribution in [0.4, 0.5) is 17.1 Å². The molecular formula is C14H15ClN4O. The van der Waals surface area contributed by atoms with Crippen LogP contribution in [0.1, 0.15) is 12.8 Å². The van der Waals surface area contributed by atoms with Crippen molar-refractivity contribution in [3.05, 3.63) is 45.8 Å². The van der Waals surface area contributed by atoms with Gasteiger partial charge in [-0.05, 0) is 37.0 Å². The van der Waals surface area contributed by atoms with Gasteiger partial charge in [-0.2, -0.15) is 5.10 Å². The number of anilines is 3. The third-order valence-corrected chi connectivity index (χ3v) is 3.57. The van der Waals surface area contributed by atoms with Crippen molar-refractivity contribution in [2.75, 3.05) is 11.1 Å². The van der Waals surface area contributed by atoms with Gasteiger partial charge < -0.3 is 11.1 Å². The van der Waals surface area contributed by atoms with Crippen LogP contribution in [0, 0.1) is 5.92 Å². The van der Waals surface area contributed by atoms with E-state index in [2.05, 4.69) is 10.4 Å². The molecule has 1 heterocycles. The molecule has 1 fully saturated rings.